The molecule has 0 aliphatic carbocycles. The number of hydrogen-bond donors (Lipinski definition) is 2. The number of urea groups is 1. The lowest BCUT2D eigenvalue weighted by Crippen LogP contribution is -2.43. The maximum atomic E-state index is 12.5. The number of hydrogen-bond acceptors (Lipinski definition) is 3. The highest BCUT2D eigenvalue weighted by Gasteiger charge is 2.24. The Morgan fingerprint density at radius 3 is 2.67 bits per heavy atom. The molecule has 0 spiro atoms. The fourth-order valence-corrected chi connectivity index (χ4v) is 3.24. The van der Waals surface area contributed by atoms with Crippen LogP contribution in [0.1, 0.15) is 24.0 Å². The van der Waals surface area contributed by atoms with Crippen LogP contribution in [0.4, 0.5) is 10.5 Å². The topological polar surface area (TPSA) is 67.6 Å². The lowest BCUT2D eigenvalue weighted by atomic mass is 9.99. The molecule has 146 valence electrons. The Hall–Kier alpha value is -2.24. The maximum Gasteiger partial charge on any atom is 0.321 e. The quantitative estimate of drug-likeness (QED) is 0.805. The first kappa shape index (κ1) is 21.1. The lowest BCUT2D eigenvalue weighted by molar-refractivity contribution is 0.144. The lowest BCUT2D eigenvalue weighted by Gasteiger charge is -2.32. The number of amides is 2. The summed E-state index contributed by atoms with van der Waals surface area (Å²) >= 11 is 0. The smallest absolute Gasteiger partial charge is 0.321 e. The van der Waals surface area contributed by atoms with Crippen molar-refractivity contribution >= 4 is 24.1 Å². The highest BCUT2D eigenvalue weighted by molar-refractivity contribution is 5.89. The van der Waals surface area contributed by atoms with Crippen molar-refractivity contribution in [1.82, 2.24) is 4.90 Å². The predicted molar refractivity (Wildman–Crippen MR) is 112 cm³/mol. The van der Waals surface area contributed by atoms with Gasteiger partial charge in [0.25, 0.3) is 0 Å². The molecule has 5 nitrogen and oxygen atoms in total. The molecular weight excluding hydrogens is 362 g/mol. The average molecular weight is 390 g/mol. The predicted octanol–water partition coefficient (Wildman–Crippen LogP) is 4.20. The summed E-state index contributed by atoms with van der Waals surface area (Å²) in [4.78, 5) is 14.4. The van der Waals surface area contributed by atoms with E-state index in [1.807, 2.05) is 60.4 Å². The number of halogens is 1. The molecule has 0 radical (unpaired) electrons. The number of nitrogens with one attached hydrogen (secondary N) is 1. The first-order valence-corrected chi connectivity index (χ1v) is 9.19. The monoisotopic (exact) mass is 389 g/mol. The summed E-state index contributed by atoms with van der Waals surface area (Å²) in [6.45, 7) is 4.70. The van der Waals surface area contributed by atoms with Gasteiger partial charge in [-0.25, -0.2) is 4.79 Å². The minimum Gasteiger partial charge on any atom is -0.493 e. The molecule has 2 aromatic carbocycles. The number of nitrogens with two attached hydrogens (primary N) is 1. The number of aryl methyl sites for hydroxylation is 1. The number of likely N-dealkylation sites (tertiary alicyclic amines) is 1. The van der Waals surface area contributed by atoms with Gasteiger partial charge in [0.05, 0.1) is 6.61 Å². The van der Waals surface area contributed by atoms with Crippen molar-refractivity contribution in [3.8, 4) is 5.75 Å². The van der Waals surface area contributed by atoms with Crippen LogP contribution in [-0.4, -0.2) is 30.6 Å². The van der Waals surface area contributed by atoms with Crippen LogP contribution in [0.15, 0.2) is 48.5 Å². The van der Waals surface area contributed by atoms with Gasteiger partial charge in [0, 0.05) is 31.2 Å². The van der Waals surface area contributed by atoms with Crippen LogP contribution in [-0.2, 0) is 6.54 Å². The second-order valence-corrected chi connectivity index (χ2v) is 6.86. The zero-order valence-corrected chi connectivity index (χ0v) is 16.5. The van der Waals surface area contributed by atoms with E-state index in [2.05, 4.69) is 5.32 Å². The molecule has 1 aliphatic heterocycles. The highest BCUT2D eigenvalue weighted by Crippen LogP contribution is 2.22. The molecule has 0 bridgehead atoms. The summed E-state index contributed by atoms with van der Waals surface area (Å²) in [7, 11) is 0. The van der Waals surface area contributed by atoms with E-state index in [9.17, 15) is 4.79 Å². The Bertz CT molecular complexity index is 736. The molecule has 0 aromatic heterocycles. The normalized spacial score (nSPS) is 16.4. The molecule has 27 heavy (non-hydrogen) atoms. The van der Waals surface area contributed by atoms with Gasteiger partial charge in [-0.05, 0) is 49.1 Å². The van der Waals surface area contributed by atoms with E-state index in [0.29, 0.717) is 19.1 Å². The van der Waals surface area contributed by atoms with E-state index in [1.54, 1.807) is 0 Å². The summed E-state index contributed by atoms with van der Waals surface area (Å²) in [6, 6.07) is 15.6. The van der Waals surface area contributed by atoms with Gasteiger partial charge < -0.3 is 20.7 Å². The number of ether oxygens (including phenoxy) is 1. The van der Waals surface area contributed by atoms with Gasteiger partial charge in [-0.3, -0.25) is 0 Å². The molecule has 1 aliphatic rings. The molecule has 1 saturated heterocycles. The van der Waals surface area contributed by atoms with Crippen molar-refractivity contribution < 1.29 is 9.53 Å². The first-order valence-electron chi connectivity index (χ1n) is 9.19. The zero-order valence-electron chi connectivity index (χ0n) is 15.7. The number of carbonyl (C=O) groups is 1. The Labute approximate surface area is 167 Å². The second kappa shape index (κ2) is 10.2. The molecule has 1 fully saturated rings. The van der Waals surface area contributed by atoms with Gasteiger partial charge in [-0.1, -0.05) is 30.3 Å². The molecule has 3 rings (SSSR count). The second-order valence-electron chi connectivity index (χ2n) is 6.86. The van der Waals surface area contributed by atoms with Crippen LogP contribution in [0.5, 0.6) is 5.75 Å². The number of piperidine rings is 1. The van der Waals surface area contributed by atoms with E-state index in [1.165, 1.54) is 0 Å². The Morgan fingerprint density at radius 2 is 1.96 bits per heavy atom. The molecule has 1 atom stereocenters. The number of carbonyl (C=O) groups excluding carboxylic acids is 1. The summed E-state index contributed by atoms with van der Waals surface area (Å²) in [6.07, 6.45) is 2.09. The van der Waals surface area contributed by atoms with E-state index in [0.717, 1.165) is 48.5 Å². The molecule has 0 saturated carbocycles. The van der Waals surface area contributed by atoms with Gasteiger partial charge >= 0.3 is 6.03 Å². The van der Waals surface area contributed by atoms with Gasteiger partial charge in [-0.2, -0.15) is 0 Å². The number of benzene rings is 2. The third-order valence-electron chi connectivity index (χ3n) is 4.82. The van der Waals surface area contributed by atoms with Crippen molar-refractivity contribution in [2.24, 2.45) is 11.7 Å². The van der Waals surface area contributed by atoms with Crippen molar-refractivity contribution in [3.63, 3.8) is 0 Å². The number of anilines is 1. The Balaban J connectivity index is 0.00000261. The van der Waals surface area contributed by atoms with E-state index in [4.69, 9.17) is 10.5 Å². The average Bonchev–Trinajstić information content (AvgIpc) is 2.68. The van der Waals surface area contributed by atoms with Crippen molar-refractivity contribution in [3.05, 3.63) is 59.7 Å². The highest BCUT2D eigenvalue weighted by atomic mass is 35.5. The standard InChI is InChI=1S/C21H27N3O2.ClH/c1-16-5-2-3-7-20(16)26-15-18-6-4-12-24(14-18)21(25)23-19-10-8-17(13-22)9-11-19;/h2-3,5,7-11,18H,4,6,12-15,22H2,1H3,(H,23,25);1H. The Morgan fingerprint density at radius 1 is 1.22 bits per heavy atom. The Kier molecular flexibility index (Phi) is 7.95. The molecular formula is C21H28ClN3O2. The van der Waals surface area contributed by atoms with Crippen LogP contribution in [0, 0.1) is 12.8 Å². The molecule has 3 N–H and O–H groups in total. The van der Waals surface area contributed by atoms with Crippen molar-refractivity contribution in [2.75, 3.05) is 25.0 Å². The summed E-state index contributed by atoms with van der Waals surface area (Å²) in [5, 5.41) is 2.97. The third kappa shape index (κ3) is 5.88. The molecule has 2 amide bonds. The van der Waals surface area contributed by atoms with Gasteiger partial charge in [-0.15, -0.1) is 12.4 Å². The van der Waals surface area contributed by atoms with Crippen LogP contribution in [0.2, 0.25) is 0 Å². The number of rotatable bonds is 5. The largest absolute Gasteiger partial charge is 0.493 e. The molecule has 6 heteroatoms. The maximum absolute atomic E-state index is 12.5. The van der Waals surface area contributed by atoms with Crippen LogP contribution in [0.3, 0.4) is 0 Å². The summed E-state index contributed by atoms with van der Waals surface area (Å²) in [5.74, 6) is 1.28. The van der Waals surface area contributed by atoms with Gasteiger partial charge in [0.1, 0.15) is 5.75 Å². The SMILES string of the molecule is Cc1ccccc1OCC1CCCN(C(=O)Nc2ccc(CN)cc2)C1.Cl. The zero-order chi connectivity index (χ0) is 18.4. The number of nitrogens with zero attached hydrogens (tertiary/aromatic N) is 1. The van der Waals surface area contributed by atoms with Gasteiger partial charge in [0.2, 0.25) is 0 Å². The molecule has 2 aromatic rings. The molecule has 1 heterocycles. The minimum atomic E-state index is -0.0499. The summed E-state index contributed by atoms with van der Waals surface area (Å²) in [5.41, 5.74) is 8.59. The summed E-state index contributed by atoms with van der Waals surface area (Å²) < 4.78 is 5.98. The van der Waals surface area contributed by atoms with Crippen LogP contribution < -0.4 is 15.8 Å². The van der Waals surface area contributed by atoms with E-state index < -0.39 is 0 Å². The van der Waals surface area contributed by atoms with Crippen molar-refractivity contribution in [1.29, 1.82) is 0 Å². The third-order valence-corrected chi connectivity index (χ3v) is 4.82. The fourth-order valence-electron chi connectivity index (χ4n) is 3.24. The molecule has 1 unspecified atom stereocenters. The van der Waals surface area contributed by atoms with Crippen molar-refractivity contribution in [2.45, 2.75) is 26.3 Å². The van der Waals surface area contributed by atoms with E-state index >= 15 is 0 Å². The fraction of sp³-hybridized carbons (Fsp3) is 0.381. The van der Waals surface area contributed by atoms with Crippen LogP contribution >= 0.6 is 12.4 Å². The van der Waals surface area contributed by atoms with E-state index in [-0.39, 0.29) is 18.4 Å². The van der Waals surface area contributed by atoms with Gasteiger partial charge in [0.15, 0.2) is 0 Å². The number of para-hydroxylation sites is 1. The first-order chi connectivity index (χ1) is 12.7. The van der Waals surface area contributed by atoms with Crippen LogP contribution in [0.25, 0.3) is 0 Å². The minimum absolute atomic E-state index is 0.